The molecule has 0 saturated heterocycles. The number of alkyl halides is 3. The van der Waals surface area contributed by atoms with Crippen LogP contribution in [0.5, 0.6) is 0 Å². The Bertz CT molecular complexity index is 1100. The number of benzene rings is 2. The molecule has 0 aliphatic rings. The highest BCUT2D eigenvalue weighted by atomic mass is 32.1. The van der Waals surface area contributed by atoms with Crippen LogP contribution in [-0.2, 0) is 24.1 Å². The van der Waals surface area contributed by atoms with Crippen molar-refractivity contribution in [2.45, 2.75) is 39.2 Å². The maximum Gasteiger partial charge on any atom is 0.416 e. The Kier molecular flexibility index (Phi) is 8.09. The van der Waals surface area contributed by atoms with E-state index < -0.39 is 17.6 Å². The lowest BCUT2D eigenvalue weighted by Crippen LogP contribution is -2.45. The van der Waals surface area contributed by atoms with Gasteiger partial charge in [0.25, 0.3) is 5.91 Å². The van der Waals surface area contributed by atoms with E-state index in [1.165, 1.54) is 28.4 Å². The highest BCUT2D eigenvalue weighted by molar-refractivity contribution is 7.09. The fraction of sp³-hybridized carbons (Fsp3) is 0.280. The van der Waals surface area contributed by atoms with E-state index in [1.807, 2.05) is 17.5 Å². The summed E-state index contributed by atoms with van der Waals surface area (Å²) in [5.74, 6) is -1.24. The van der Waals surface area contributed by atoms with Crippen LogP contribution in [-0.4, -0.2) is 34.2 Å². The summed E-state index contributed by atoms with van der Waals surface area (Å²) in [5, 5.41) is 1.89. The van der Waals surface area contributed by atoms with E-state index in [0.717, 1.165) is 34.7 Å². The predicted molar refractivity (Wildman–Crippen MR) is 123 cm³/mol. The van der Waals surface area contributed by atoms with Gasteiger partial charge in [-0.2, -0.15) is 13.2 Å². The van der Waals surface area contributed by atoms with Gasteiger partial charge in [-0.05, 0) is 67.3 Å². The fourth-order valence-corrected chi connectivity index (χ4v) is 4.05. The molecule has 0 atom stereocenters. The van der Waals surface area contributed by atoms with Crippen molar-refractivity contribution in [3.63, 3.8) is 0 Å². The van der Waals surface area contributed by atoms with Gasteiger partial charge >= 0.3 is 6.18 Å². The second-order valence-electron chi connectivity index (χ2n) is 8.06. The van der Waals surface area contributed by atoms with Crippen molar-refractivity contribution >= 4 is 23.2 Å². The molecule has 4 nitrogen and oxygen atoms in total. The Hall–Kier alpha value is -3.20. The Morgan fingerprint density at radius 3 is 2.12 bits per heavy atom. The minimum Gasteiger partial charge on any atom is -0.332 e. The molecule has 0 aliphatic carbocycles. The van der Waals surface area contributed by atoms with E-state index in [0.29, 0.717) is 6.54 Å². The minimum atomic E-state index is -4.50. The zero-order valence-corrected chi connectivity index (χ0v) is 19.5. The van der Waals surface area contributed by atoms with E-state index in [-0.39, 0.29) is 36.4 Å². The van der Waals surface area contributed by atoms with Gasteiger partial charge in [-0.3, -0.25) is 9.59 Å². The molecular weight excluding hydrogens is 468 g/mol. The predicted octanol–water partition coefficient (Wildman–Crippen LogP) is 5.99. The van der Waals surface area contributed by atoms with Gasteiger partial charge in [0.2, 0.25) is 5.91 Å². The van der Waals surface area contributed by atoms with E-state index in [4.69, 9.17) is 0 Å². The van der Waals surface area contributed by atoms with Crippen LogP contribution < -0.4 is 0 Å². The monoisotopic (exact) mass is 492 g/mol. The first kappa shape index (κ1) is 25.4. The van der Waals surface area contributed by atoms with Gasteiger partial charge in [0.05, 0.1) is 12.1 Å². The largest absolute Gasteiger partial charge is 0.416 e. The Labute approximate surface area is 199 Å². The summed E-state index contributed by atoms with van der Waals surface area (Å²) in [6, 6.07) is 13.2. The molecule has 3 aromatic rings. The van der Waals surface area contributed by atoms with Crippen molar-refractivity contribution in [1.82, 2.24) is 9.80 Å². The Morgan fingerprint density at radius 2 is 1.59 bits per heavy atom. The molecule has 0 saturated carbocycles. The first-order valence-electron chi connectivity index (χ1n) is 10.6. The number of halogens is 4. The maximum absolute atomic E-state index is 13.3. The van der Waals surface area contributed by atoms with Crippen LogP contribution in [0, 0.1) is 5.82 Å². The summed E-state index contributed by atoms with van der Waals surface area (Å²) in [7, 11) is 0. The number of amides is 2. The molecule has 3 rings (SSSR count). The van der Waals surface area contributed by atoms with Crippen LogP contribution in [0.3, 0.4) is 0 Å². The number of hydrogen-bond donors (Lipinski definition) is 0. The van der Waals surface area contributed by atoms with Crippen LogP contribution in [0.25, 0.3) is 0 Å². The van der Waals surface area contributed by atoms with Crippen molar-refractivity contribution < 1.29 is 27.2 Å². The van der Waals surface area contributed by atoms with Crippen LogP contribution >= 0.6 is 11.3 Å². The smallest absolute Gasteiger partial charge is 0.332 e. The molecule has 1 heterocycles. The quantitative estimate of drug-likeness (QED) is 0.363. The number of carbonyl (C=O) groups is 2. The second-order valence-corrected chi connectivity index (χ2v) is 9.09. The van der Waals surface area contributed by atoms with Crippen molar-refractivity contribution in [3.8, 4) is 0 Å². The highest BCUT2D eigenvalue weighted by Crippen LogP contribution is 2.29. The summed E-state index contributed by atoms with van der Waals surface area (Å²) in [4.78, 5) is 30.2. The molecular formula is C25H24F4N2O2S. The molecule has 180 valence electrons. The normalized spacial score (nSPS) is 11.5. The van der Waals surface area contributed by atoms with Gasteiger partial charge in [0.15, 0.2) is 0 Å². The van der Waals surface area contributed by atoms with Crippen molar-refractivity contribution in [1.29, 1.82) is 0 Å². The summed E-state index contributed by atoms with van der Waals surface area (Å²) in [6.07, 6.45) is -4.50. The molecule has 2 aromatic carbocycles. The van der Waals surface area contributed by atoms with Gasteiger partial charge in [-0.1, -0.05) is 18.2 Å². The zero-order valence-electron chi connectivity index (χ0n) is 18.7. The van der Waals surface area contributed by atoms with Gasteiger partial charge in [0, 0.05) is 23.0 Å². The summed E-state index contributed by atoms with van der Waals surface area (Å²) in [6.45, 7) is 3.76. The lowest BCUT2D eigenvalue weighted by molar-refractivity contribution is -0.137. The Balaban J connectivity index is 1.79. The number of hydrogen-bond acceptors (Lipinski definition) is 3. The first-order chi connectivity index (χ1) is 16.0. The number of rotatable bonds is 8. The van der Waals surface area contributed by atoms with Crippen molar-refractivity contribution in [2.75, 3.05) is 6.54 Å². The minimum absolute atomic E-state index is 0.0674. The summed E-state index contributed by atoms with van der Waals surface area (Å²) < 4.78 is 51.9. The number of carbonyl (C=O) groups excluding carboxylic acids is 2. The van der Waals surface area contributed by atoms with Crippen LogP contribution in [0.4, 0.5) is 17.6 Å². The third-order valence-corrected chi connectivity index (χ3v) is 6.08. The number of thiophene rings is 1. The third-order valence-electron chi connectivity index (χ3n) is 5.22. The molecule has 9 heteroatoms. The van der Waals surface area contributed by atoms with Crippen LogP contribution in [0.15, 0.2) is 66.0 Å². The van der Waals surface area contributed by atoms with Crippen LogP contribution in [0.1, 0.15) is 40.2 Å². The van der Waals surface area contributed by atoms with E-state index in [1.54, 1.807) is 30.9 Å². The van der Waals surface area contributed by atoms with Gasteiger partial charge in [-0.15, -0.1) is 11.3 Å². The van der Waals surface area contributed by atoms with Gasteiger partial charge < -0.3 is 9.80 Å². The van der Waals surface area contributed by atoms with Gasteiger partial charge in [-0.25, -0.2) is 4.39 Å². The molecule has 0 fully saturated rings. The number of nitrogens with zero attached hydrogens (tertiary/aromatic N) is 2. The van der Waals surface area contributed by atoms with Crippen molar-refractivity contribution in [2.24, 2.45) is 0 Å². The molecule has 0 unspecified atom stereocenters. The lowest BCUT2D eigenvalue weighted by Gasteiger charge is -2.30. The lowest BCUT2D eigenvalue weighted by atomic mass is 10.1. The topological polar surface area (TPSA) is 40.6 Å². The maximum atomic E-state index is 13.3. The van der Waals surface area contributed by atoms with Gasteiger partial charge in [0.1, 0.15) is 12.4 Å². The fourth-order valence-electron chi connectivity index (χ4n) is 3.34. The Morgan fingerprint density at radius 1 is 0.941 bits per heavy atom. The van der Waals surface area contributed by atoms with E-state index in [9.17, 15) is 27.2 Å². The molecule has 34 heavy (non-hydrogen) atoms. The highest BCUT2D eigenvalue weighted by Gasteiger charge is 2.31. The SMILES string of the molecule is CC(C)N(CC(=O)N(Cc1ccc(F)cc1)Cc1cccs1)C(=O)c1ccc(C(F)(F)F)cc1. The molecule has 0 aliphatic heterocycles. The van der Waals surface area contributed by atoms with E-state index >= 15 is 0 Å². The molecule has 0 spiro atoms. The average Bonchev–Trinajstić information content (AvgIpc) is 3.30. The third kappa shape index (κ3) is 6.66. The molecule has 0 N–H and O–H groups in total. The zero-order chi connectivity index (χ0) is 24.9. The molecule has 0 radical (unpaired) electrons. The van der Waals surface area contributed by atoms with Crippen LogP contribution in [0.2, 0.25) is 0 Å². The van der Waals surface area contributed by atoms with E-state index in [2.05, 4.69) is 0 Å². The molecule has 1 aromatic heterocycles. The first-order valence-corrected chi connectivity index (χ1v) is 11.5. The second kappa shape index (κ2) is 10.8. The summed E-state index contributed by atoms with van der Waals surface area (Å²) >= 11 is 1.49. The molecule has 2 amide bonds. The standard InChI is InChI=1S/C25H24F4N2O2S/c1-17(2)31(24(33)19-7-9-20(10-8-19)25(27,28)29)16-23(32)30(15-22-4-3-13-34-22)14-18-5-11-21(26)12-6-18/h3-13,17H,14-16H2,1-2H3. The van der Waals surface area contributed by atoms with Crippen molar-refractivity contribution in [3.05, 3.63) is 93.4 Å². The molecule has 0 bridgehead atoms. The average molecular weight is 493 g/mol. The summed E-state index contributed by atoms with van der Waals surface area (Å²) in [5.41, 5.74) is -0.0491.